The highest BCUT2D eigenvalue weighted by molar-refractivity contribution is 7.11. The molecule has 1 aromatic carbocycles. The molecule has 0 aliphatic carbocycles. The molecule has 3 heterocycles. The SMILES string of the molecule is Cc1ccsc1C1=C(c2nnn[nH]2)C(=O)N[C@@](c2ccc(OCCCC(F)(F)F)cc2)(C(F)(F)F)C1. The van der Waals surface area contributed by atoms with Crippen molar-refractivity contribution in [3.05, 3.63) is 57.5 Å². The van der Waals surface area contributed by atoms with E-state index in [0.29, 0.717) is 10.4 Å². The van der Waals surface area contributed by atoms with E-state index in [2.05, 4.69) is 25.9 Å². The average Bonchev–Trinajstić information content (AvgIpc) is 3.47. The fourth-order valence-corrected chi connectivity index (χ4v) is 4.97. The minimum absolute atomic E-state index is 0.0614. The second kappa shape index (κ2) is 9.56. The Balaban J connectivity index is 1.70. The monoisotopic (exact) mass is 531 g/mol. The molecule has 0 spiro atoms. The molecular formula is C22H19F6N5O2S. The average molecular weight is 531 g/mol. The number of benzene rings is 1. The van der Waals surface area contributed by atoms with Crippen LogP contribution < -0.4 is 10.1 Å². The summed E-state index contributed by atoms with van der Waals surface area (Å²) in [4.78, 5) is 13.7. The molecule has 1 aliphatic heterocycles. The first-order valence-corrected chi connectivity index (χ1v) is 11.5. The molecule has 192 valence electrons. The number of nitrogens with zero attached hydrogens (tertiary/aromatic N) is 3. The maximum absolute atomic E-state index is 14.7. The van der Waals surface area contributed by atoms with Gasteiger partial charge in [0.15, 0.2) is 11.4 Å². The molecule has 14 heteroatoms. The Morgan fingerprint density at radius 3 is 2.39 bits per heavy atom. The Hall–Kier alpha value is -3.42. The first-order chi connectivity index (χ1) is 16.9. The van der Waals surface area contributed by atoms with Gasteiger partial charge in [0, 0.05) is 17.7 Å². The molecule has 0 bridgehead atoms. The summed E-state index contributed by atoms with van der Waals surface area (Å²) in [6.07, 6.45) is -11.2. The zero-order valence-electron chi connectivity index (χ0n) is 18.6. The Morgan fingerprint density at radius 2 is 1.83 bits per heavy atom. The normalized spacial score (nSPS) is 18.9. The molecule has 4 rings (SSSR count). The first-order valence-electron chi connectivity index (χ1n) is 10.6. The van der Waals surface area contributed by atoms with Crippen molar-refractivity contribution in [2.75, 3.05) is 6.61 Å². The summed E-state index contributed by atoms with van der Waals surface area (Å²) >= 11 is 1.19. The van der Waals surface area contributed by atoms with Crippen LogP contribution in [0.4, 0.5) is 26.3 Å². The first kappa shape index (κ1) is 25.7. The van der Waals surface area contributed by atoms with Gasteiger partial charge in [0.2, 0.25) is 0 Å². The van der Waals surface area contributed by atoms with Gasteiger partial charge in [-0.25, -0.2) is 5.10 Å². The number of rotatable bonds is 7. The van der Waals surface area contributed by atoms with E-state index < -0.39 is 36.6 Å². The maximum Gasteiger partial charge on any atom is 0.416 e. The van der Waals surface area contributed by atoms with Crippen molar-refractivity contribution in [3.63, 3.8) is 0 Å². The van der Waals surface area contributed by atoms with Crippen LogP contribution in [0.25, 0.3) is 11.1 Å². The third kappa shape index (κ3) is 5.08. The van der Waals surface area contributed by atoms with Gasteiger partial charge in [-0.05, 0) is 64.1 Å². The van der Waals surface area contributed by atoms with Crippen molar-refractivity contribution in [1.29, 1.82) is 0 Å². The fraction of sp³-hybridized carbons (Fsp3) is 0.364. The minimum atomic E-state index is -4.90. The van der Waals surface area contributed by atoms with Crippen molar-refractivity contribution in [2.24, 2.45) is 0 Å². The highest BCUT2D eigenvalue weighted by atomic mass is 32.1. The number of hydrogen-bond acceptors (Lipinski definition) is 6. The lowest BCUT2D eigenvalue weighted by Crippen LogP contribution is -2.58. The molecule has 0 saturated carbocycles. The number of nitrogens with one attached hydrogen (secondary N) is 2. The van der Waals surface area contributed by atoms with Crippen LogP contribution in [0.1, 0.15) is 41.1 Å². The van der Waals surface area contributed by atoms with Crippen molar-refractivity contribution in [1.82, 2.24) is 25.9 Å². The number of tetrazole rings is 1. The number of H-pyrrole nitrogens is 1. The lowest BCUT2D eigenvalue weighted by atomic mass is 9.77. The van der Waals surface area contributed by atoms with Gasteiger partial charge in [0.05, 0.1) is 12.2 Å². The molecule has 2 aromatic heterocycles. The predicted octanol–water partition coefficient (Wildman–Crippen LogP) is 5.18. The number of thiophene rings is 1. The quantitative estimate of drug-likeness (QED) is 0.324. The molecule has 0 radical (unpaired) electrons. The number of aromatic nitrogens is 4. The zero-order valence-corrected chi connectivity index (χ0v) is 19.4. The number of alkyl halides is 6. The number of carbonyl (C=O) groups is 1. The van der Waals surface area contributed by atoms with Gasteiger partial charge in [-0.2, -0.15) is 26.3 Å². The Labute approximate surface area is 204 Å². The number of ether oxygens (including phenoxy) is 1. The van der Waals surface area contributed by atoms with Gasteiger partial charge >= 0.3 is 12.4 Å². The van der Waals surface area contributed by atoms with E-state index in [9.17, 15) is 31.1 Å². The highest BCUT2D eigenvalue weighted by Crippen LogP contribution is 2.50. The van der Waals surface area contributed by atoms with Gasteiger partial charge in [-0.1, -0.05) is 12.1 Å². The number of carbonyl (C=O) groups excluding carboxylic acids is 1. The Bertz CT molecular complexity index is 1250. The molecule has 1 amide bonds. The van der Waals surface area contributed by atoms with Gasteiger partial charge in [-0.3, -0.25) is 4.79 Å². The van der Waals surface area contributed by atoms with Crippen LogP contribution in [-0.2, 0) is 10.3 Å². The van der Waals surface area contributed by atoms with Crippen LogP contribution in [0, 0.1) is 6.92 Å². The van der Waals surface area contributed by atoms with Gasteiger partial charge in [-0.15, -0.1) is 16.4 Å². The molecule has 36 heavy (non-hydrogen) atoms. The minimum Gasteiger partial charge on any atom is -0.494 e. The number of hydrogen-bond donors (Lipinski definition) is 2. The fourth-order valence-electron chi connectivity index (χ4n) is 3.99. The molecule has 2 N–H and O–H groups in total. The Morgan fingerprint density at radius 1 is 1.11 bits per heavy atom. The van der Waals surface area contributed by atoms with E-state index in [1.54, 1.807) is 18.4 Å². The largest absolute Gasteiger partial charge is 0.494 e. The van der Waals surface area contributed by atoms with Crippen molar-refractivity contribution < 1.29 is 35.9 Å². The summed E-state index contributed by atoms with van der Waals surface area (Å²) in [6.45, 7) is 1.47. The molecule has 0 unspecified atom stereocenters. The van der Waals surface area contributed by atoms with Gasteiger partial charge < -0.3 is 10.1 Å². The standard InChI is InChI=1S/C22H19F6N5O2S/c1-12-7-10-36-17(12)15-11-20(22(26,27)28,29-19(34)16(15)18-30-32-33-31-18)13-3-5-14(6-4-13)35-9-2-8-21(23,24)25/h3-7,10H,2,8-9,11H2,1H3,(H,29,34)(H,30,31,32,33)/t20-/m0/s1. The zero-order chi connectivity index (χ0) is 26.1. The molecule has 0 saturated heterocycles. The van der Waals surface area contributed by atoms with Crippen molar-refractivity contribution >= 4 is 28.4 Å². The van der Waals surface area contributed by atoms with Gasteiger partial charge in [0.1, 0.15) is 5.75 Å². The summed E-state index contributed by atoms with van der Waals surface area (Å²) in [6, 6.07) is 6.49. The van der Waals surface area contributed by atoms with Crippen LogP contribution in [0.3, 0.4) is 0 Å². The molecule has 7 nitrogen and oxygen atoms in total. The molecular weight excluding hydrogens is 512 g/mol. The predicted molar refractivity (Wildman–Crippen MR) is 118 cm³/mol. The van der Waals surface area contributed by atoms with Crippen LogP contribution in [0.15, 0.2) is 35.7 Å². The second-order valence-corrected chi connectivity index (χ2v) is 9.08. The Kier molecular flexibility index (Phi) is 6.82. The van der Waals surface area contributed by atoms with Crippen LogP contribution >= 0.6 is 11.3 Å². The second-order valence-electron chi connectivity index (χ2n) is 8.16. The molecule has 1 aliphatic rings. The third-order valence-electron chi connectivity index (χ3n) is 5.72. The van der Waals surface area contributed by atoms with E-state index in [1.807, 2.05) is 0 Å². The van der Waals surface area contributed by atoms with Crippen LogP contribution in [0.2, 0.25) is 0 Å². The molecule has 1 atom stereocenters. The number of halogens is 6. The van der Waals surface area contributed by atoms with E-state index in [0.717, 1.165) is 12.1 Å². The molecule has 3 aromatic rings. The lowest BCUT2D eigenvalue weighted by molar-refractivity contribution is -0.201. The summed E-state index contributed by atoms with van der Waals surface area (Å²) in [5.41, 5.74) is -2.30. The van der Waals surface area contributed by atoms with E-state index in [-0.39, 0.29) is 41.3 Å². The third-order valence-corrected chi connectivity index (χ3v) is 6.80. The van der Waals surface area contributed by atoms with E-state index in [4.69, 9.17) is 4.74 Å². The molecule has 0 fully saturated rings. The smallest absolute Gasteiger partial charge is 0.416 e. The number of amides is 1. The van der Waals surface area contributed by atoms with Crippen molar-refractivity contribution in [3.8, 4) is 5.75 Å². The topological polar surface area (TPSA) is 92.8 Å². The van der Waals surface area contributed by atoms with Crippen LogP contribution in [-0.4, -0.2) is 45.5 Å². The summed E-state index contributed by atoms with van der Waals surface area (Å²) < 4.78 is 86.2. The van der Waals surface area contributed by atoms with Crippen LogP contribution in [0.5, 0.6) is 5.75 Å². The highest BCUT2D eigenvalue weighted by Gasteiger charge is 2.60. The van der Waals surface area contributed by atoms with Crippen molar-refractivity contribution in [2.45, 2.75) is 44.1 Å². The summed E-state index contributed by atoms with van der Waals surface area (Å²) in [5, 5.41) is 16.9. The van der Waals surface area contributed by atoms with E-state index in [1.165, 1.54) is 23.5 Å². The number of aryl methyl sites for hydroxylation is 1. The van der Waals surface area contributed by atoms with Gasteiger partial charge in [0.25, 0.3) is 5.91 Å². The summed E-state index contributed by atoms with van der Waals surface area (Å²) in [5.74, 6) is -0.959. The number of aromatic amines is 1. The van der Waals surface area contributed by atoms with E-state index >= 15 is 0 Å². The summed E-state index contributed by atoms with van der Waals surface area (Å²) in [7, 11) is 0. The maximum atomic E-state index is 14.7. The lowest BCUT2D eigenvalue weighted by Gasteiger charge is -2.41.